The number of likely N-dealkylation sites (N-methyl/N-ethyl adjacent to an activating group) is 1. The Labute approximate surface area is 179 Å². The number of aryl methyl sites for hydroxylation is 1. The number of nitrogens with zero attached hydrogens (tertiary/aromatic N) is 2. The highest BCUT2D eigenvalue weighted by Crippen LogP contribution is 2.22. The number of amides is 1. The lowest BCUT2D eigenvalue weighted by Crippen LogP contribution is -2.24. The first kappa shape index (κ1) is 21.5. The van der Waals surface area contributed by atoms with Crippen molar-refractivity contribution in [1.29, 1.82) is 0 Å². The van der Waals surface area contributed by atoms with Gasteiger partial charge in [0.05, 0.1) is 17.8 Å². The number of hydrogen-bond donors (Lipinski definition) is 0. The highest BCUT2D eigenvalue weighted by molar-refractivity contribution is 7.09. The maximum absolute atomic E-state index is 13.9. The number of ether oxygens (including phenoxy) is 2. The van der Waals surface area contributed by atoms with E-state index in [-0.39, 0.29) is 18.2 Å². The molecule has 0 spiro atoms. The van der Waals surface area contributed by atoms with Crippen LogP contribution in [0.15, 0.2) is 53.9 Å². The van der Waals surface area contributed by atoms with E-state index in [2.05, 4.69) is 4.98 Å². The zero-order valence-corrected chi connectivity index (χ0v) is 17.9. The predicted molar refractivity (Wildman–Crippen MR) is 116 cm³/mol. The first-order chi connectivity index (χ1) is 14.5. The van der Waals surface area contributed by atoms with Gasteiger partial charge in [-0.3, -0.25) is 4.79 Å². The van der Waals surface area contributed by atoms with Crippen LogP contribution in [0.5, 0.6) is 11.5 Å². The summed E-state index contributed by atoms with van der Waals surface area (Å²) in [7, 11) is 3.08. The van der Waals surface area contributed by atoms with Crippen molar-refractivity contribution >= 4 is 23.3 Å². The van der Waals surface area contributed by atoms with Crippen LogP contribution < -0.4 is 9.47 Å². The molecule has 0 saturated heterocycles. The molecule has 0 aliphatic rings. The number of carbonyl (C=O) groups excluding carboxylic acids is 1. The summed E-state index contributed by atoms with van der Waals surface area (Å²) in [6, 6.07) is 12.2. The van der Waals surface area contributed by atoms with E-state index in [0.717, 1.165) is 16.3 Å². The van der Waals surface area contributed by atoms with Crippen LogP contribution in [0.25, 0.3) is 6.08 Å². The number of para-hydroxylation sites is 1. The Hall–Kier alpha value is -3.19. The van der Waals surface area contributed by atoms with Crippen molar-refractivity contribution < 1.29 is 18.7 Å². The Morgan fingerprint density at radius 2 is 2.03 bits per heavy atom. The second-order valence-corrected chi connectivity index (χ2v) is 7.74. The number of carbonyl (C=O) groups is 1. The summed E-state index contributed by atoms with van der Waals surface area (Å²) in [5, 5.41) is 2.96. The Bertz CT molecular complexity index is 1050. The Kier molecular flexibility index (Phi) is 7.19. The van der Waals surface area contributed by atoms with Crippen LogP contribution in [0.3, 0.4) is 0 Å². The van der Waals surface area contributed by atoms with E-state index < -0.39 is 5.82 Å². The minimum absolute atomic E-state index is 0.178. The fourth-order valence-corrected chi connectivity index (χ4v) is 3.42. The number of thiazole rings is 1. The second kappa shape index (κ2) is 10.0. The first-order valence-corrected chi connectivity index (χ1v) is 10.2. The molecule has 0 saturated carbocycles. The van der Waals surface area contributed by atoms with Crippen molar-refractivity contribution in [2.24, 2.45) is 0 Å². The molecule has 1 amide bonds. The van der Waals surface area contributed by atoms with Crippen molar-refractivity contribution in [3.8, 4) is 11.5 Å². The van der Waals surface area contributed by atoms with E-state index >= 15 is 0 Å². The molecule has 0 aliphatic heterocycles. The molecule has 7 heteroatoms. The molecule has 1 heterocycles. The standard InChI is InChI=1S/C23H23FN2O3S/c1-16-25-19(15-30-16)14-29-21-7-5-4-6-18(21)9-11-23(27)26(2)13-17-8-10-22(28-3)20(24)12-17/h4-12,15H,13-14H2,1-3H3/b11-9+. The smallest absolute Gasteiger partial charge is 0.246 e. The lowest BCUT2D eigenvalue weighted by atomic mass is 10.1. The number of benzene rings is 2. The van der Waals surface area contributed by atoms with Gasteiger partial charge in [0.25, 0.3) is 0 Å². The maximum Gasteiger partial charge on any atom is 0.246 e. The van der Waals surface area contributed by atoms with E-state index in [1.165, 1.54) is 24.2 Å². The topological polar surface area (TPSA) is 51.7 Å². The number of rotatable bonds is 8. The molecular formula is C23H23FN2O3S. The van der Waals surface area contributed by atoms with Gasteiger partial charge < -0.3 is 14.4 Å². The summed E-state index contributed by atoms with van der Waals surface area (Å²) in [6.45, 7) is 2.60. The maximum atomic E-state index is 13.9. The predicted octanol–water partition coefficient (Wildman–Crippen LogP) is 4.85. The third kappa shape index (κ3) is 5.67. The van der Waals surface area contributed by atoms with E-state index in [0.29, 0.717) is 17.9 Å². The van der Waals surface area contributed by atoms with Crippen molar-refractivity contribution in [3.05, 3.63) is 81.6 Å². The molecule has 30 heavy (non-hydrogen) atoms. The second-order valence-electron chi connectivity index (χ2n) is 6.68. The summed E-state index contributed by atoms with van der Waals surface area (Å²) < 4.78 is 24.6. The molecule has 3 aromatic rings. The van der Waals surface area contributed by atoms with Crippen molar-refractivity contribution in [3.63, 3.8) is 0 Å². The number of hydrogen-bond acceptors (Lipinski definition) is 5. The number of methoxy groups -OCH3 is 1. The zero-order valence-electron chi connectivity index (χ0n) is 17.1. The van der Waals surface area contributed by atoms with E-state index in [9.17, 15) is 9.18 Å². The van der Waals surface area contributed by atoms with Crippen LogP contribution in [0.2, 0.25) is 0 Å². The molecule has 0 aliphatic carbocycles. The van der Waals surface area contributed by atoms with Gasteiger partial charge in [0, 0.05) is 30.6 Å². The summed E-state index contributed by atoms with van der Waals surface area (Å²) >= 11 is 1.58. The number of halogens is 1. The monoisotopic (exact) mass is 426 g/mol. The van der Waals surface area contributed by atoms with Gasteiger partial charge in [-0.25, -0.2) is 9.37 Å². The normalized spacial score (nSPS) is 10.9. The molecule has 0 unspecified atom stereocenters. The Morgan fingerprint density at radius 1 is 1.23 bits per heavy atom. The van der Waals surface area contributed by atoms with Crippen molar-refractivity contribution in [1.82, 2.24) is 9.88 Å². The van der Waals surface area contributed by atoms with E-state index in [1.54, 1.807) is 36.6 Å². The lowest BCUT2D eigenvalue weighted by molar-refractivity contribution is -0.125. The zero-order chi connectivity index (χ0) is 21.5. The van der Waals surface area contributed by atoms with E-state index in [4.69, 9.17) is 9.47 Å². The minimum Gasteiger partial charge on any atom is -0.494 e. The molecule has 5 nitrogen and oxygen atoms in total. The molecule has 1 aromatic heterocycles. The summed E-state index contributed by atoms with van der Waals surface area (Å²) in [4.78, 5) is 18.4. The quantitative estimate of drug-likeness (QED) is 0.483. The van der Waals surface area contributed by atoms with Crippen LogP contribution in [-0.2, 0) is 17.9 Å². The average molecular weight is 427 g/mol. The van der Waals surface area contributed by atoms with Gasteiger partial charge in [-0.05, 0) is 36.8 Å². The largest absolute Gasteiger partial charge is 0.494 e. The van der Waals surface area contributed by atoms with Crippen molar-refractivity contribution in [2.75, 3.05) is 14.2 Å². The third-order valence-corrected chi connectivity index (χ3v) is 5.20. The van der Waals surface area contributed by atoms with Crippen LogP contribution in [-0.4, -0.2) is 29.9 Å². The Morgan fingerprint density at radius 3 is 2.73 bits per heavy atom. The fraction of sp³-hybridized carbons (Fsp3) is 0.217. The molecule has 156 valence electrons. The first-order valence-electron chi connectivity index (χ1n) is 9.34. The third-order valence-electron chi connectivity index (χ3n) is 4.38. The molecule has 0 N–H and O–H groups in total. The van der Waals surface area contributed by atoms with Gasteiger partial charge in [-0.1, -0.05) is 24.3 Å². The van der Waals surface area contributed by atoms with Gasteiger partial charge >= 0.3 is 0 Å². The summed E-state index contributed by atoms with van der Waals surface area (Å²) in [5.74, 6) is 0.202. The minimum atomic E-state index is -0.451. The molecule has 0 atom stereocenters. The molecule has 0 radical (unpaired) electrons. The average Bonchev–Trinajstić information content (AvgIpc) is 3.16. The van der Waals surface area contributed by atoms with Crippen LogP contribution in [0.1, 0.15) is 21.8 Å². The SMILES string of the molecule is COc1ccc(CN(C)C(=O)/C=C/c2ccccc2OCc2csc(C)n2)cc1F. The fourth-order valence-electron chi connectivity index (χ4n) is 2.82. The highest BCUT2D eigenvalue weighted by Gasteiger charge is 2.10. The summed E-state index contributed by atoms with van der Waals surface area (Å²) in [5.41, 5.74) is 2.35. The van der Waals surface area contributed by atoms with Gasteiger partial charge in [-0.15, -0.1) is 11.3 Å². The highest BCUT2D eigenvalue weighted by atomic mass is 32.1. The van der Waals surface area contributed by atoms with Crippen LogP contribution in [0.4, 0.5) is 4.39 Å². The summed E-state index contributed by atoms with van der Waals surface area (Å²) in [6.07, 6.45) is 3.20. The van der Waals surface area contributed by atoms with Crippen LogP contribution >= 0.6 is 11.3 Å². The lowest BCUT2D eigenvalue weighted by Gasteiger charge is -2.16. The molecule has 0 fully saturated rings. The molecule has 0 bridgehead atoms. The van der Waals surface area contributed by atoms with Gasteiger partial charge in [0.2, 0.25) is 5.91 Å². The van der Waals surface area contributed by atoms with Gasteiger partial charge in [0.1, 0.15) is 12.4 Å². The van der Waals surface area contributed by atoms with Crippen LogP contribution in [0, 0.1) is 12.7 Å². The molecular weight excluding hydrogens is 403 g/mol. The number of aromatic nitrogens is 1. The van der Waals surface area contributed by atoms with E-state index in [1.807, 2.05) is 36.6 Å². The molecule has 3 rings (SSSR count). The Balaban J connectivity index is 1.63. The molecule has 2 aromatic carbocycles. The van der Waals surface area contributed by atoms with Gasteiger partial charge in [0.15, 0.2) is 11.6 Å². The van der Waals surface area contributed by atoms with Gasteiger partial charge in [-0.2, -0.15) is 0 Å². The van der Waals surface area contributed by atoms with Crippen molar-refractivity contribution in [2.45, 2.75) is 20.1 Å².